The van der Waals surface area contributed by atoms with Gasteiger partial charge < -0.3 is 9.64 Å². The number of methoxy groups -OCH3 is 1. The molecule has 2 heterocycles. The summed E-state index contributed by atoms with van der Waals surface area (Å²) < 4.78 is 59.7. The van der Waals surface area contributed by atoms with Gasteiger partial charge >= 0.3 is 7.75 Å². The molecule has 6 nitrogen and oxygen atoms in total. The quantitative estimate of drug-likeness (QED) is 0.485. The summed E-state index contributed by atoms with van der Waals surface area (Å²) in [6.07, 6.45) is 2.10. The zero-order valence-electron chi connectivity index (χ0n) is 17.7. The lowest BCUT2D eigenvalue weighted by Crippen LogP contribution is -2.17. The Kier molecular flexibility index (Phi) is 6.17. The summed E-state index contributed by atoms with van der Waals surface area (Å²) in [6.45, 7) is 0.944. The number of halogens is 2. The van der Waals surface area contributed by atoms with Gasteiger partial charge in [-0.3, -0.25) is 13.4 Å². The molecule has 9 heteroatoms. The number of hydrogen-bond acceptors (Lipinski definition) is 5. The third kappa shape index (κ3) is 4.53. The molecular formula is C22H25F2N2O4P. The Morgan fingerprint density at radius 3 is 2.61 bits per heavy atom. The van der Waals surface area contributed by atoms with E-state index in [1.165, 1.54) is 16.5 Å². The number of likely N-dealkylation sites (N-methyl/N-ethyl adjacent to an activating group) is 1. The molecule has 1 aromatic heterocycles. The molecule has 2 unspecified atom stereocenters. The molecule has 1 aliphatic rings. The second kappa shape index (κ2) is 8.71. The predicted molar refractivity (Wildman–Crippen MR) is 115 cm³/mol. The highest BCUT2D eigenvalue weighted by atomic mass is 31.2. The van der Waals surface area contributed by atoms with Crippen molar-refractivity contribution >= 4 is 18.6 Å². The maximum absolute atomic E-state index is 13.8. The van der Waals surface area contributed by atoms with Gasteiger partial charge in [-0.1, -0.05) is 0 Å². The highest BCUT2D eigenvalue weighted by molar-refractivity contribution is 7.52. The highest BCUT2D eigenvalue weighted by Crippen LogP contribution is 2.58. The monoisotopic (exact) mass is 450 g/mol. The van der Waals surface area contributed by atoms with Crippen LogP contribution in [0.5, 0.6) is 5.75 Å². The van der Waals surface area contributed by atoms with Gasteiger partial charge in [-0.2, -0.15) is 0 Å². The Labute approximate surface area is 179 Å². The molecule has 2 aromatic carbocycles. The Bertz CT molecular complexity index is 1130. The first-order valence-corrected chi connectivity index (χ1v) is 11.5. The van der Waals surface area contributed by atoms with Gasteiger partial charge in [-0.25, -0.2) is 13.3 Å². The molecule has 1 fully saturated rings. The van der Waals surface area contributed by atoms with Crippen LogP contribution < -0.4 is 4.74 Å². The molecule has 1 aliphatic heterocycles. The van der Waals surface area contributed by atoms with Crippen LogP contribution in [0.2, 0.25) is 0 Å². The summed E-state index contributed by atoms with van der Waals surface area (Å²) in [5, 5.41) is 0.920. The summed E-state index contributed by atoms with van der Waals surface area (Å²) in [5.74, 6) is -0.803. The highest BCUT2D eigenvalue weighted by Gasteiger charge is 2.38. The molecule has 3 aromatic rings. The average molecular weight is 450 g/mol. The maximum Gasteiger partial charge on any atom is 0.439 e. The number of rotatable bonds is 6. The molecule has 4 rings (SSSR count). The van der Waals surface area contributed by atoms with Crippen LogP contribution >= 0.6 is 7.75 Å². The van der Waals surface area contributed by atoms with Crippen molar-refractivity contribution in [2.45, 2.75) is 18.9 Å². The van der Waals surface area contributed by atoms with E-state index in [0.717, 1.165) is 30.0 Å². The Morgan fingerprint density at radius 2 is 1.94 bits per heavy atom. The molecule has 2 atom stereocenters. The normalized spacial score (nSPS) is 21.7. The van der Waals surface area contributed by atoms with Gasteiger partial charge in [-0.05, 0) is 55.9 Å². The maximum atomic E-state index is 13.8. The van der Waals surface area contributed by atoms with Crippen molar-refractivity contribution in [1.29, 1.82) is 0 Å². The van der Waals surface area contributed by atoms with Crippen LogP contribution in [0.15, 0.2) is 42.6 Å². The molecule has 0 spiro atoms. The molecule has 0 aliphatic carbocycles. The Balaban J connectivity index is 1.75. The second-order valence-electron chi connectivity index (χ2n) is 7.82. The van der Waals surface area contributed by atoms with Crippen LogP contribution in [0.4, 0.5) is 8.78 Å². The third-order valence-corrected chi connectivity index (χ3v) is 7.21. The van der Waals surface area contributed by atoms with Gasteiger partial charge in [0.05, 0.1) is 25.3 Å². The van der Waals surface area contributed by atoms with Crippen LogP contribution in [0.1, 0.15) is 23.7 Å². The lowest BCUT2D eigenvalue weighted by Gasteiger charge is -2.30. The molecule has 0 saturated carbocycles. The molecular weight excluding hydrogens is 425 g/mol. The van der Waals surface area contributed by atoms with Gasteiger partial charge in [0, 0.05) is 36.7 Å². The summed E-state index contributed by atoms with van der Waals surface area (Å²) in [4.78, 5) is 2.07. The minimum atomic E-state index is -3.82. The third-order valence-electron chi connectivity index (χ3n) is 5.32. The fourth-order valence-electron chi connectivity index (χ4n) is 3.75. The topological polar surface area (TPSA) is 52.9 Å². The van der Waals surface area contributed by atoms with Crippen molar-refractivity contribution < 1.29 is 27.1 Å². The molecule has 1 saturated heterocycles. The summed E-state index contributed by atoms with van der Waals surface area (Å²) in [7, 11) is 1.72. The van der Waals surface area contributed by atoms with E-state index in [1.54, 1.807) is 19.4 Å². The molecule has 166 valence electrons. The van der Waals surface area contributed by atoms with Crippen LogP contribution in [-0.4, -0.2) is 43.6 Å². The van der Waals surface area contributed by atoms with E-state index in [4.69, 9.17) is 13.8 Å². The van der Waals surface area contributed by atoms with Gasteiger partial charge in [0.1, 0.15) is 17.4 Å². The first kappa shape index (κ1) is 22.0. The summed E-state index contributed by atoms with van der Waals surface area (Å²) in [6, 6.07) is 8.75. The number of ether oxygens (including phenoxy) is 1. The fourth-order valence-corrected chi connectivity index (χ4v) is 5.63. The van der Waals surface area contributed by atoms with E-state index < -0.39 is 25.5 Å². The second-order valence-corrected chi connectivity index (χ2v) is 9.66. The summed E-state index contributed by atoms with van der Waals surface area (Å²) >= 11 is 0. The van der Waals surface area contributed by atoms with Crippen molar-refractivity contribution in [2.75, 3.05) is 34.4 Å². The van der Waals surface area contributed by atoms with Crippen molar-refractivity contribution in [1.82, 2.24) is 9.24 Å². The number of fused-ring (bicyclic) bond motifs is 1. The lowest BCUT2D eigenvalue weighted by molar-refractivity contribution is 0.0767. The van der Waals surface area contributed by atoms with E-state index >= 15 is 0 Å². The van der Waals surface area contributed by atoms with Crippen LogP contribution in [0.25, 0.3) is 10.9 Å². The number of aromatic nitrogens is 1. The lowest BCUT2D eigenvalue weighted by atomic mass is 10.1. The molecule has 0 amide bonds. The standard InChI is InChI=1S/C22H25F2N2O4P/c1-25(2)8-6-15-14-26(21-13-19(28-3)4-5-20(15)21)31(27)29-9-7-22(30-31)16-10-17(23)12-18(24)11-16/h4-5,10-14,22H,6-9H2,1-3H3. The van der Waals surface area contributed by atoms with E-state index in [9.17, 15) is 13.3 Å². The van der Waals surface area contributed by atoms with Gasteiger partial charge in [0.25, 0.3) is 0 Å². The van der Waals surface area contributed by atoms with E-state index in [-0.39, 0.29) is 6.61 Å². The fraction of sp³-hybridized carbons (Fsp3) is 0.364. The van der Waals surface area contributed by atoms with Gasteiger partial charge in [-0.15, -0.1) is 0 Å². The summed E-state index contributed by atoms with van der Waals surface area (Å²) in [5.41, 5.74) is 1.94. The first-order chi connectivity index (χ1) is 14.8. The van der Waals surface area contributed by atoms with E-state index in [1.807, 2.05) is 26.2 Å². The molecule has 0 radical (unpaired) electrons. The largest absolute Gasteiger partial charge is 0.497 e. The zero-order valence-corrected chi connectivity index (χ0v) is 18.6. The average Bonchev–Trinajstić information content (AvgIpc) is 3.10. The first-order valence-electron chi connectivity index (χ1n) is 10.0. The van der Waals surface area contributed by atoms with Crippen molar-refractivity contribution in [3.05, 3.63) is 65.4 Å². The molecule has 0 N–H and O–H groups in total. The zero-order chi connectivity index (χ0) is 22.2. The molecule has 31 heavy (non-hydrogen) atoms. The number of benzene rings is 2. The number of hydrogen-bond donors (Lipinski definition) is 0. The molecule has 0 bridgehead atoms. The minimum Gasteiger partial charge on any atom is -0.497 e. The van der Waals surface area contributed by atoms with Gasteiger partial charge in [0.2, 0.25) is 0 Å². The smallest absolute Gasteiger partial charge is 0.439 e. The van der Waals surface area contributed by atoms with E-state index in [0.29, 0.717) is 23.3 Å². The van der Waals surface area contributed by atoms with Gasteiger partial charge in [0.15, 0.2) is 0 Å². The predicted octanol–water partition coefficient (Wildman–Crippen LogP) is 5.17. The van der Waals surface area contributed by atoms with Crippen molar-refractivity contribution in [2.24, 2.45) is 0 Å². The van der Waals surface area contributed by atoms with Crippen LogP contribution in [0, 0.1) is 11.6 Å². The van der Waals surface area contributed by atoms with Crippen LogP contribution in [-0.2, 0) is 20.0 Å². The minimum absolute atomic E-state index is 0.136. The van der Waals surface area contributed by atoms with E-state index in [2.05, 4.69) is 4.90 Å². The number of nitrogens with zero attached hydrogens (tertiary/aromatic N) is 2. The van der Waals surface area contributed by atoms with Crippen molar-refractivity contribution in [3.63, 3.8) is 0 Å². The Hall–Kier alpha value is -2.25. The SMILES string of the molecule is COc1ccc2c(CCN(C)C)cn(P3(=O)OCCC(c4cc(F)cc(F)c4)O3)c2c1. The van der Waals surface area contributed by atoms with Crippen LogP contribution in [0.3, 0.4) is 0 Å². The van der Waals surface area contributed by atoms with Crippen molar-refractivity contribution in [3.8, 4) is 5.75 Å². The Morgan fingerprint density at radius 1 is 1.19 bits per heavy atom.